The molecule has 2 aromatic carbocycles. The summed E-state index contributed by atoms with van der Waals surface area (Å²) in [7, 11) is 3.10. The molecule has 0 aliphatic carbocycles. The second-order valence-corrected chi connectivity index (χ2v) is 11.4. The molecule has 0 saturated carbocycles. The van der Waals surface area contributed by atoms with Gasteiger partial charge in [0.15, 0.2) is 0 Å². The van der Waals surface area contributed by atoms with Crippen LogP contribution in [0.25, 0.3) is 0 Å². The summed E-state index contributed by atoms with van der Waals surface area (Å²) in [5.74, 6) is -2.28. The first-order chi connectivity index (χ1) is 21.7. The van der Waals surface area contributed by atoms with Crippen molar-refractivity contribution >= 4 is 35.8 Å². The van der Waals surface area contributed by atoms with E-state index < -0.39 is 60.5 Å². The number of amides is 6. The van der Waals surface area contributed by atoms with E-state index in [9.17, 15) is 28.8 Å². The largest absolute Gasteiger partial charge is 0.445 e. The van der Waals surface area contributed by atoms with E-state index in [2.05, 4.69) is 21.3 Å². The maximum absolute atomic E-state index is 13.1. The number of nitrogens with one attached hydrogen (secondary N) is 4. The van der Waals surface area contributed by atoms with Gasteiger partial charge in [-0.15, -0.1) is 0 Å². The minimum absolute atomic E-state index is 0.128. The Bertz CT molecular complexity index is 1320. The molecule has 0 aliphatic heterocycles. The number of nitrogens with zero attached hydrogens (tertiary/aromatic N) is 2. The summed E-state index contributed by atoms with van der Waals surface area (Å²) < 4.78 is 10.3. The third-order valence-corrected chi connectivity index (χ3v) is 6.30. The molecule has 0 heterocycles. The van der Waals surface area contributed by atoms with E-state index in [1.54, 1.807) is 59.1 Å². The standard InChI is InChI=1S/C32H44N6O8/c1-32(2,3)46-30(43)35-19-26(39)33-20-27(40)36-25(18-23-12-8-6-9-13-23)29(42)34-21-28(41)37(4)16-17-38(5)31(44)45-22-24-14-10-7-11-15-24/h6-15,25H,16-22H2,1-5H3,(H,33,39)(H,34,42)(H,35,43)(H,36,40)/t25-/m1/s1. The van der Waals surface area contributed by atoms with Gasteiger partial charge in [-0.05, 0) is 31.9 Å². The summed E-state index contributed by atoms with van der Waals surface area (Å²) in [5.41, 5.74) is 0.884. The van der Waals surface area contributed by atoms with Gasteiger partial charge >= 0.3 is 12.2 Å². The molecule has 6 amide bonds. The van der Waals surface area contributed by atoms with E-state index in [-0.39, 0.29) is 32.7 Å². The van der Waals surface area contributed by atoms with Crippen LogP contribution in [0, 0.1) is 0 Å². The fourth-order valence-electron chi connectivity index (χ4n) is 3.78. The lowest BCUT2D eigenvalue weighted by molar-refractivity contribution is -0.133. The summed E-state index contributed by atoms with van der Waals surface area (Å²) in [4.78, 5) is 77.2. The molecule has 0 bridgehead atoms. The summed E-state index contributed by atoms with van der Waals surface area (Å²) in [6.45, 7) is 4.37. The van der Waals surface area contributed by atoms with Crippen LogP contribution in [0.1, 0.15) is 31.9 Å². The molecule has 1 atom stereocenters. The van der Waals surface area contributed by atoms with Gasteiger partial charge in [0.25, 0.3) is 0 Å². The topological polar surface area (TPSA) is 175 Å². The van der Waals surface area contributed by atoms with Crippen LogP contribution in [0.3, 0.4) is 0 Å². The average molecular weight is 641 g/mol. The summed E-state index contributed by atoms with van der Waals surface area (Å²) in [6, 6.07) is 17.2. The van der Waals surface area contributed by atoms with Gasteiger partial charge in [0, 0.05) is 33.6 Å². The second-order valence-electron chi connectivity index (χ2n) is 11.4. The molecule has 0 radical (unpaired) electrons. The zero-order valence-corrected chi connectivity index (χ0v) is 27.0. The maximum atomic E-state index is 13.1. The minimum Gasteiger partial charge on any atom is -0.445 e. The fraction of sp³-hybridized carbons (Fsp3) is 0.438. The lowest BCUT2D eigenvalue weighted by Crippen LogP contribution is -2.52. The van der Waals surface area contributed by atoms with E-state index in [0.29, 0.717) is 0 Å². The van der Waals surface area contributed by atoms with Gasteiger partial charge < -0.3 is 40.5 Å². The Labute approximate surface area is 269 Å². The molecular weight excluding hydrogens is 596 g/mol. The molecule has 0 saturated heterocycles. The quantitative estimate of drug-likeness (QED) is 0.225. The first-order valence-corrected chi connectivity index (χ1v) is 14.7. The number of alkyl carbamates (subject to hydrolysis) is 1. The van der Waals surface area contributed by atoms with Crippen molar-refractivity contribution in [3.63, 3.8) is 0 Å². The predicted octanol–water partition coefficient (Wildman–Crippen LogP) is 1.20. The summed E-state index contributed by atoms with van der Waals surface area (Å²) in [6.07, 6.45) is -1.18. The number of ether oxygens (including phenoxy) is 2. The van der Waals surface area contributed by atoms with E-state index in [1.807, 2.05) is 36.4 Å². The Balaban J connectivity index is 1.83. The van der Waals surface area contributed by atoms with Crippen LogP contribution < -0.4 is 21.3 Å². The predicted molar refractivity (Wildman–Crippen MR) is 169 cm³/mol. The molecule has 46 heavy (non-hydrogen) atoms. The third-order valence-electron chi connectivity index (χ3n) is 6.30. The van der Waals surface area contributed by atoms with Crippen molar-refractivity contribution in [2.24, 2.45) is 0 Å². The number of likely N-dealkylation sites (N-methyl/N-ethyl adjacent to an activating group) is 2. The van der Waals surface area contributed by atoms with E-state index in [4.69, 9.17) is 9.47 Å². The molecule has 0 aromatic heterocycles. The monoisotopic (exact) mass is 640 g/mol. The molecule has 0 unspecified atom stereocenters. The smallest absolute Gasteiger partial charge is 0.409 e. The molecular formula is C32H44N6O8. The number of hydrogen-bond donors (Lipinski definition) is 4. The Morgan fingerprint density at radius 2 is 1.28 bits per heavy atom. The van der Waals surface area contributed by atoms with Gasteiger partial charge in [-0.25, -0.2) is 9.59 Å². The SMILES string of the molecule is CN(CCN(C)C(=O)OCc1ccccc1)C(=O)CNC(=O)[C@@H](Cc1ccccc1)NC(=O)CNC(=O)CNC(=O)OC(C)(C)C. The Hall–Kier alpha value is -5.14. The first kappa shape index (κ1) is 37.0. The second kappa shape index (κ2) is 18.6. The van der Waals surface area contributed by atoms with Crippen LogP contribution in [-0.2, 0) is 41.7 Å². The van der Waals surface area contributed by atoms with Gasteiger partial charge in [-0.3, -0.25) is 19.2 Å². The van der Waals surface area contributed by atoms with E-state index in [0.717, 1.165) is 11.1 Å². The number of rotatable bonds is 15. The molecule has 14 nitrogen and oxygen atoms in total. The fourth-order valence-corrected chi connectivity index (χ4v) is 3.78. The van der Waals surface area contributed by atoms with Gasteiger partial charge in [0.05, 0.1) is 13.1 Å². The van der Waals surface area contributed by atoms with Crippen LogP contribution in [0.4, 0.5) is 9.59 Å². The van der Waals surface area contributed by atoms with Crippen molar-refractivity contribution in [3.05, 3.63) is 71.8 Å². The van der Waals surface area contributed by atoms with Gasteiger partial charge in [0.2, 0.25) is 23.6 Å². The highest BCUT2D eigenvalue weighted by Gasteiger charge is 2.23. The summed E-state index contributed by atoms with van der Waals surface area (Å²) in [5, 5.41) is 9.80. The van der Waals surface area contributed by atoms with Crippen molar-refractivity contribution in [3.8, 4) is 0 Å². The number of benzene rings is 2. The van der Waals surface area contributed by atoms with Crippen molar-refractivity contribution < 1.29 is 38.2 Å². The van der Waals surface area contributed by atoms with E-state index in [1.165, 1.54) is 9.80 Å². The zero-order chi connectivity index (χ0) is 34.1. The van der Waals surface area contributed by atoms with Crippen molar-refractivity contribution in [2.45, 2.75) is 45.4 Å². The van der Waals surface area contributed by atoms with Crippen LogP contribution in [0.15, 0.2) is 60.7 Å². The minimum atomic E-state index is -1.05. The van der Waals surface area contributed by atoms with Crippen molar-refractivity contribution in [2.75, 3.05) is 46.8 Å². The van der Waals surface area contributed by atoms with Gasteiger partial charge in [-0.2, -0.15) is 0 Å². The Kier molecular flexibility index (Phi) is 15.0. The maximum Gasteiger partial charge on any atom is 0.409 e. The molecule has 0 fully saturated rings. The van der Waals surface area contributed by atoms with Crippen molar-refractivity contribution in [1.82, 2.24) is 31.1 Å². The molecule has 250 valence electrons. The molecule has 14 heteroatoms. The lowest BCUT2D eigenvalue weighted by Gasteiger charge is -2.23. The lowest BCUT2D eigenvalue weighted by atomic mass is 10.1. The zero-order valence-electron chi connectivity index (χ0n) is 27.0. The molecule has 2 rings (SSSR count). The van der Waals surface area contributed by atoms with Crippen LogP contribution in [0.5, 0.6) is 0 Å². The third kappa shape index (κ3) is 15.0. The number of carbonyl (C=O) groups is 6. The highest BCUT2D eigenvalue weighted by molar-refractivity contribution is 5.92. The Morgan fingerprint density at radius 3 is 1.89 bits per heavy atom. The normalized spacial score (nSPS) is 11.3. The molecule has 2 aromatic rings. The first-order valence-electron chi connectivity index (χ1n) is 14.7. The Morgan fingerprint density at radius 1 is 0.717 bits per heavy atom. The van der Waals surface area contributed by atoms with Gasteiger partial charge in [0.1, 0.15) is 24.8 Å². The van der Waals surface area contributed by atoms with Crippen LogP contribution in [0.2, 0.25) is 0 Å². The van der Waals surface area contributed by atoms with Crippen LogP contribution >= 0.6 is 0 Å². The van der Waals surface area contributed by atoms with Gasteiger partial charge in [-0.1, -0.05) is 60.7 Å². The average Bonchev–Trinajstić information content (AvgIpc) is 3.02. The number of hydrogen-bond acceptors (Lipinski definition) is 8. The summed E-state index contributed by atoms with van der Waals surface area (Å²) >= 11 is 0. The van der Waals surface area contributed by atoms with Crippen LogP contribution in [-0.4, -0.2) is 104 Å². The number of carbonyl (C=O) groups excluding carboxylic acids is 6. The molecule has 0 spiro atoms. The molecule has 0 aliphatic rings. The highest BCUT2D eigenvalue weighted by Crippen LogP contribution is 2.07. The van der Waals surface area contributed by atoms with Crippen molar-refractivity contribution in [1.29, 1.82) is 0 Å². The van der Waals surface area contributed by atoms with E-state index >= 15 is 0 Å². The molecule has 4 N–H and O–H groups in total. The highest BCUT2D eigenvalue weighted by atomic mass is 16.6.